The van der Waals surface area contributed by atoms with E-state index in [1.165, 1.54) is 0 Å². The van der Waals surface area contributed by atoms with Gasteiger partial charge in [0.25, 0.3) is 0 Å². The van der Waals surface area contributed by atoms with E-state index in [9.17, 15) is 4.79 Å². The maximum absolute atomic E-state index is 12.7. The Morgan fingerprint density at radius 3 is 2.22 bits per heavy atom. The third-order valence-electron chi connectivity index (χ3n) is 4.95. The molecule has 3 N–H and O–H groups in total. The summed E-state index contributed by atoms with van der Waals surface area (Å²) in [5.41, 5.74) is 7.97. The second-order valence-corrected chi connectivity index (χ2v) is 6.73. The molecule has 0 aliphatic carbocycles. The van der Waals surface area contributed by atoms with Gasteiger partial charge in [0, 0.05) is 43.0 Å². The highest BCUT2D eigenvalue weighted by molar-refractivity contribution is 5.83. The lowest BCUT2D eigenvalue weighted by Gasteiger charge is -2.34. The number of anilines is 1. The molecule has 1 unspecified atom stereocenters. The van der Waals surface area contributed by atoms with Crippen molar-refractivity contribution in [2.75, 3.05) is 32.6 Å². The molecule has 0 saturated carbocycles. The maximum Gasteiger partial charge on any atom is 0.244 e. The Labute approximate surface area is 160 Å². The molecule has 1 fully saturated rings. The number of hydrogen-bond donors (Lipinski definition) is 2. The normalized spacial score (nSPS) is 15.9. The number of piperidine rings is 1. The SMILES string of the molecule is COc1cc(NC2CCN(C(=O)C(N)c3ccccc3)CC2)cc(OC)c1. The molecular formula is C21H27N3O3. The topological polar surface area (TPSA) is 76.8 Å². The lowest BCUT2D eigenvalue weighted by molar-refractivity contribution is -0.133. The molecule has 0 aromatic heterocycles. The molecule has 1 atom stereocenters. The predicted molar refractivity (Wildman–Crippen MR) is 106 cm³/mol. The van der Waals surface area contributed by atoms with E-state index in [1.54, 1.807) is 14.2 Å². The van der Waals surface area contributed by atoms with Crippen LogP contribution in [0.4, 0.5) is 5.69 Å². The van der Waals surface area contributed by atoms with Gasteiger partial charge in [0.1, 0.15) is 17.5 Å². The number of amides is 1. The van der Waals surface area contributed by atoms with E-state index in [1.807, 2.05) is 53.4 Å². The highest BCUT2D eigenvalue weighted by Crippen LogP contribution is 2.27. The Hall–Kier alpha value is -2.73. The Kier molecular flexibility index (Phi) is 6.19. The van der Waals surface area contributed by atoms with Gasteiger partial charge in [-0.2, -0.15) is 0 Å². The fourth-order valence-electron chi connectivity index (χ4n) is 3.37. The van der Waals surface area contributed by atoms with Crippen molar-refractivity contribution < 1.29 is 14.3 Å². The molecule has 6 heteroatoms. The van der Waals surface area contributed by atoms with Crippen molar-refractivity contribution in [2.24, 2.45) is 5.73 Å². The van der Waals surface area contributed by atoms with Crippen molar-refractivity contribution in [2.45, 2.75) is 24.9 Å². The number of nitrogens with zero attached hydrogens (tertiary/aromatic N) is 1. The second-order valence-electron chi connectivity index (χ2n) is 6.73. The molecular weight excluding hydrogens is 342 g/mol. The average Bonchev–Trinajstić information content (AvgIpc) is 2.73. The van der Waals surface area contributed by atoms with Crippen LogP contribution < -0.4 is 20.5 Å². The zero-order chi connectivity index (χ0) is 19.2. The number of nitrogens with one attached hydrogen (secondary N) is 1. The first-order valence-electron chi connectivity index (χ1n) is 9.19. The fraction of sp³-hybridized carbons (Fsp3) is 0.381. The molecule has 2 aromatic rings. The van der Waals surface area contributed by atoms with Gasteiger partial charge in [0.2, 0.25) is 5.91 Å². The minimum atomic E-state index is -0.599. The number of hydrogen-bond acceptors (Lipinski definition) is 5. The van der Waals surface area contributed by atoms with Crippen LogP contribution in [0.1, 0.15) is 24.4 Å². The van der Waals surface area contributed by atoms with Gasteiger partial charge in [-0.3, -0.25) is 4.79 Å². The summed E-state index contributed by atoms with van der Waals surface area (Å²) in [7, 11) is 3.28. The summed E-state index contributed by atoms with van der Waals surface area (Å²) in [5, 5.41) is 3.52. The van der Waals surface area contributed by atoms with Gasteiger partial charge in [0.15, 0.2) is 0 Å². The Bertz CT molecular complexity index is 736. The van der Waals surface area contributed by atoms with Crippen LogP contribution in [0, 0.1) is 0 Å². The first-order chi connectivity index (χ1) is 13.1. The first-order valence-corrected chi connectivity index (χ1v) is 9.19. The van der Waals surface area contributed by atoms with E-state index in [2.05, 4.69) is 5.32 Å². The van der Waals surface area contributed by atoms with Crippen LogP contribution in [0.15, 0.2) is 48.5 Å². The molecule has 3 rings (SSSR count). The predicted octanol–water partition coefficient (Wildman–Crippen LogP) is 2.81. The molecule has 1 saturated heterocycles. The molecule has 27 heavy (non-hydrogen) atoms. The smallest absolute Gasteiger partial charge is 0.244 e. The summed E-state index contributed by atoms with van der Waals surface area (Å²) in [6.07, 6.45) is 1.74. The van der Waals surface area contributed by atoms with Crippen LogP contribution in [0.3, 0.4) is 0 Å². The standard InChI is InChI=1S/C21H27N3O3/c1-26-18-12-17(13-19(14-18)27-2)23-16-8-10-24(11-9-16)21(25)20(22)15-6-4-3-5-7-15/h3-7,12-14,16,20,23H,8-11,22H2,1-2H3. The van der Waals surface area contributed by atoms with Crippen molar-refractivity contribution in [3.8, 4) is 11.5 Å². The molecule has 6 nitrogen and oxygen atoms in total. The molecule has 1 aliphatic rings. The summed E-state index contributed by atoms with van der Waals surface area (Å²) >= 11 is 0. The molecule has 1 heterocycles. The van der Waals surface area contributed by atoms with E-state index in [0.717, 1.165) is 35.6 Å². The quantitative estimate of drug-likeness (QED) is 0.819. The van der Waals surface area contributed by atoms with Crippen molar-refractivity contribution in [1.29, 1.82) is 0 Å². The average molecular weight is 369 g/mol. The third-order valence-corrected chi connectivity index (χ3v) is 4.95. The number of ether oxygens (including phenoxy) is 2. The number of rotatable bonds is 6. The molecule has 2 aromatic carbocycles. The van der Waals surface area contributed by atoms with Crippen LogP contribution in [0.5, 0.6) is 11.5 Å². The Balaban J connectivity index is 1.57. The number of nitrogens with two attached hydrogens (primary N) is 1. The first kappa shape index (κ1) is 19.0. The van der Waals surface area contributed by atoms with Crippen LogP contribution >= 0.6 is 0 Å². The maximum atomic E-state index is 12.7. The number of benzene rings is 2. The van der Waals surface area contributed by atoms with Gasteiger partial charge < -0.3 is 25.4 Å². The van der Waals surface area contributed by atoms with Gasteiger partial charge in [-0.05, 0) is 18.4 Å². The fourth-order valence-corrected chi connectivity index (χ4v) is 3.37. The summed E-state index contributed by atoms with van der Waals surface area (Å²) < 4.78 is 10.6. The second kappa shape index (κ2) is 8.77. The Morgan fingerprint density at radius 2 is 1.67 bits per heavy atom. The van der Waals surface area contributed by atoms with Crippen molar-refractivity contribution in [3.63, 3.8) is 0 Å². The van der Waals surface area contributed by atoms with Crippen molar-refractivity contribution in [3.05, 3.63) is 54.1 Å². The highest BCUT2D eigenvalue weighted by Gasteiger charge is 2.27. The van der Waals surface area contributed by atoms with Crippen molar-refractivity contribution >= 4 is 11.6 Å². The van der Waals surface area contributed by atoms with Crippen LogP contribution in [-0.2, 0) is 4.79 Å². The van der Waals surface area contributed by atoms with Crippen molar-refractivity contribution in [1.82, 2.24) is 4.90 Å². The molecule has 0 spiro atoms. The van der Waals surface area contributed by atoms with Gasteiger partial charge >= 0.3 is 0 Å². The number of likely N-dealkylation sites (tertiary alicyclic amines) is 1. The Morgan fingerprint density at radius 1 is 1.07 bits per heavy atom. The highest BCUT2D eigenvalue weighted by atomic mass is 16.5. The minimum absolute atomic E-state index is 0.0114. The molecule has 144 valence electrons. The van der Waals surface area contributed by atoms with E-state index < -0.39 is 6.04 Å². The van der Waals surface area contributed by atoms with Crippen LogP contribution in [0.2, 0.25) is 0 Å². The largest absolute Gasteiger partial charge is 0.497 e. The lowest BCUT2D eigenvalue weighted by Crippen LogP contribution is -2.45. The van der Waals surface area contributed by atoms with Gasteiger partial charge in [-0.15, -0.1) is 0 Å². The molecule has 0 radical (unpaired) electrons. The van der Waals surface area contributed by atoms with Gasteiger partial charge in [-0.1, -0.05) is 30.3 Å². The van der Waals surface area contributed by atoms with Gasteiger partial charge in [-0.25, -0.2) is 0 Å². The van der Waals surface area contributed by atoms with E-state index in [4.69, 9.17) is 15.2 Å². The van der Waals surface area contributed by atoms with E-state index >= 15 is 0 Å². The third kappa shape index (κ3) is 4.71. The monoisotopic (exact) mass is 369 g/mol. The zero-order valence-corrected chi connectivity index (χ0v) is 15.9. The summed E-state index contributed by atoms with van der Waals surface area (Å²) in [6.45, 7) is 1.39. The van der Waals surface area contributed by atoms with E-state index in [0.29, 0.717) is 19.1 Å². The lowest BCUT2D eigenvalue weighted by atomic mass is 10.0. The summed E-state index contributed by atoms with van der Waals surface area (Å²) in [5.74, 6) is 1.49. The van der Waals surface area contributed by atoms with Crippen LogP contribution in [-0.4, -0.2) is 44.2 Å². The number of methoxy groups -OCH3 is 2. The zero-order valence-electron chi connectivity index (χ0n) is 15.9. The summed E-state index contributed by atoms with van der Waals surface area (Å²) in [6, 6.07) is 15.0. The van der Waals surface area contributed by atoms with Crippen LogP contribution in [0.25, 0.3) is 0 Å². The number of carbonyl (C=O) groups is 1. The summed E-state index contributed by atoms with van der Waals surface area (Å²) in [4.78, 5) is 14.5. The molecule has 0 bridgehead atoms. The minimum Gasteiger partial charge on any atom is -0.497 e. The number of carbonyl (C=O) groups excluding carboxylic acids is 1. The van der Waals surface area contributed by atoms with E-state index in [-0.39, 0.29) is 5.91 Å². The van der Waals surface area contributed by atoms with Gasteiger partial charge in [0.05, 0.1) is 14.2 Å². The molecule has 1 amide bonds. The molecule has 1 aliphatic heterocycles.